The molecule has 0 aliphatic heterocycles. The van der Waals surface area contributed by atoms with Gasteiger partial charge in [-0.05, 0) is 18.2 Å². The SMILES string of the molecule is O=S(=O)(Cl)c1cn[nH]c1-c1ccc(F)c(F)c1. The Balaban J connectivity index is 2.62. The van der Waals surface area contributed by atoms with Crippen molar-refractivity contribution in [2.75, 3.05) is 0 Å². The van der Waals surface area contributed by atoms with E-state index in [1.165, 1.54) is 6.07 Å². The lowest BCUT2D eigenvalue weighted by atomic mass is 10.1. The van der Waals surface area contributed by atoms with Gasteiger partial charge in [0, 0.05) is 16.2 Å². The van der Waals surface area contributed by atoms with Crippen molar-refractivity contribution in [1.82, 2.24) is 10.2 Å². The van der Waals surface area contributed by atoms with Crippen LogP contribution in [0.2, 0.25) is 0 Å². The molecule has 90 valence electrons. The number of halogens is 3. The smallest absolute Gasteiger partial charge is 0.265 e. The summed E-state index contributed by atoms with van der Waals surface area (Å²) in [4.78, 5) is -0.287. The topological polar surface area (TPSA) is 62.8 Å². The Kier molecular flexibility index (Phi) is 2.88. The van der Waals surface area contributed by atoms with E-state index >= 15 is 0 Å². The van der Waals surface area contributed by atoms with Gasteiger partial charge in [-0.25, -0.2) is 17.2 Å². The number of benzene rings is 1. The van der Waals surface area contributed by atoms with Gasteiger partial charge in [-0.1, -0.05) is 0 Å². The number of rotatable bonds is 2. The zero-order valence-corrected chi connectivity index (χ0v) is 9.69. The molecule has 1 N–H and O–H groups in total. The first-order chi connectivity index (χ1) is 7.89. The van der Waals surface area contributed by atoms with Crippen molar-refractivity contribution < 1.29 is 17.2 Å². The maximum atomic E-state index is 13.0. The summed E-state index contributed by atoms with van der Waals surface area (Å²) >= 11 is 0. The van der Waals surface area contributed by atoms with E-state index in [1.807, 2.05) is 0 Å². The fourth-order valence-corrected chi connectivity index (χ4v) is 2.26. The Hall–Kier alpha value is -1.47. The van der Waals surface area contributed by atoms with Crippen molar-refractivity contribution in [3.63, 3.8) is 0 Å². The summed E-state index contributed by atoms with van der Waals surface area (Å²) < 4.78 is 48.1. The van der Waals surface area contributed by atoms with E-state index in [0.29, 0.717) is 0 Å². The van der Waals surface area contributed by atoms with Gasteiger partial charge in [0.15, 0.2) is 11.6 Å². The summed E-state index contributed by atoms with van der Waals surface area (Å²) in [6.45, 7) is 0. The van der Waals surface area contributed by atoms with Gasteiger partial charge in [0.2, 0.25) is 0 Å². The van der Waals surface area contributed by atoms with Gasteiger partial charge in [0.25, 0.3) is 9.05 Å². The molecule has 17 heavy (non-hydrogen) atoms. The van der Waals surface area contributed by atoms with Gasteiger partial charge in [0.1, 0.15) is 4.90 Å². The van der Waals surface area contributed by atoms with Crippen LogP contribution < -0.4 is 0 Å². The van der Waals surface area contributed by atoms with Gasteiger partial charge in [-0.3, -0.25) is 5.10 Å². The van der Waals surface area contributed by atoms with Crippen LogP contribution in [0, 0.1) is 11.6 Å². The third-order valence-corrected chi connectivity index (χ3v) is 3.41. The number of hydrogen-bond donors (Lipinski definition) is 1. The number of nitrogens with one attached hydrogen (secondary N) is 1. The molecule has 0 aliphatic rings. The Morgan fingerprint density at radius 1 is 1.24 bits per heavy atom. The molecule has 1 aromatic carbocycles. The predicted molar refractivity (Wildman–Crippen MR) is 57.0 cm³/mol. The van der Waals surface area contributed by atoms with Crippen LogP contribution in [0.4, 0.5) is 8.78 Å². The summed E-state index contributed by atoms with van der Waals surface area (Å²) in [5, 5.41) is 5.88. The first-order valence-electron chi connectivity index (χ1n) is 4.33. The second-order valence-corrected chi connectivity index (χ2v) is 5.71. The second kappa shape index (κ2) is 4.08. The number of hydrogen-bond acceptors (Lipinski definition) is 3. The van der Waals surface area contributed by atoms with Crippen LogP contribution in [0.15, 0.2) is 29.3 Å². The highest BCUT2D eigenvalue weighted by Gasteiger charge is 2.19. The maximum absolute atomic E-state index is 13.0. The molecule has 8 heteroatoms. The highest BCUT2D eigenvalue weighted by Crippen LogP contribution is 2.28. The van der Waals surface area contributed by atoms with E-state index in [0.717, 1.165) is 18.3 Å². The molecular formula is C9H5ClF2N2O2S. The third-order valence-electron chi connectivity index (χ3n) is 2.08. The van der Waals surface area contributed by atoms with E-state index < -0.39 is 20.7 Å². The van der Waals surface area contributed by atoms with Crippen molar-refractivity contribution >= 4 is 19.7 Å². The predicted octanol–water partition coefficient (Wildman–Crippen LogP) is 2.28. The molecule has 0 spiro atoms. The molecule has 1 aromatic heterocycles. The summed E-state index contributed by atoms with van der Waals surface area (Å²) in [6.07, 6.45) is 0.999. The Morgan fingerprint density at radius 3 is 2.53 bits per heavy atom. The molecule has 0 aliphatic carbocycles. The first-order valence-corrected chi connectivity index (χ1v) is 6.64. The van der Waals surface area contributed by atoms with E-state index in [2.05, 4.69) is 10.2 Å². The van der Waals surface area contributed by atoms with Gasteiger partial charge in [-0.2, -0.15) is 5.10 Å². The summed E-state index contributed by atoms with van der Waals surface area (Å²) in [5.41, 5.74) is 0.152. The fraction of sp³-hybridized carbons (Fsp3) is 0. The second-order valence-electron chi connectivity index (χ2n) is 3.18. The van der Waals surface area contributed by atoms with E-state index in [9.17, 15) is 17.2 Å². The zero-order valence-electron chi connectivity index (χ0n) is 8.12. The molecule has 0 saturated heterocycles. The fourth-order valence-electron chi connectivity index (χ4n) is 1.32. The zero-order chi connectivity index (χ0) is 12.6. The average molecular weight is 279 g/mol. The minimum absolute atomic E-state index is 0.0129. The molecule has 0 bridgehead atoms. The average Bonchev–Trinajstić information content (AvgIpc) is 2.70. The Morgan fingerprint density at radius 2 is 1.94 bits per heavy atom. The molecule has 0 unspecified atom stereocenters. The van der Waals surface area contributed by atoms with Crippen molar-refractivity contribution in [1.29, 1.82) is 0 Å². The van der Waals surface area contributed by atoms with Crippen LogP contribution in [-0.4, -0.2) is 18.6 Å². The van der Waals surface area contributed by atoms with Crippen molar-refractivity contribution in [2.45, 2.75) is 4.90 Å². The van der Waals surface area contributed by atoms with Gasteiger partial charge >= 0.3 is 0 Å². The Labute approximate surface area is 99.6 Å². The number of nitrogens with zero attached hydrogens (tertiary/aromatic N) is 1. The highest BCUT2D eigenvalue weighted by atomic mass is 35.7. The molecule has 1 heterocycles. The van der Waals surface area contributed by atoms with Gasteiger partial charge in [-0.15, -0.1) is 0 Å². The van der Waals surface area contributed by atoms with Crippen LogP contribution in [0.1, 0.15) is 0 Å². The van der Waals surface area contributed by atoms with Gasteiger partial charge < -0.3 is 0 Å². The minimum atomic E-state index is -4.00. The Bertz CT molecular complexity index is 669. The van der Waals surface area contributed by atoms with Crippen LogP contribution in [0.5, 0.6) is 0 Å². The standard InChI is InChI=1S/C9H5ClF2N2O2S/c10-17(15,16)8-4-13-14-9(8)5-1-2-6(11)7(12)3-5/h1-4H,(H,13,14). The lowest BCUT2D eigenvalue weighted by Crippen LogP contribution is -1.93. The number of aromatic nitrogens is 2. The van der Waals surface area contributed by atoms with Crippen molar-refractivity contribution in [3.05, 3.63) is 36.0 Å². The molecule has 0 atom stereocenters. The minimum Gasteiger partial charge on any atom is -0.276 e. The van der Waals surface area contributed by atoms with Gasteiger partial charge in [0.05, 0.1) is 11.9 Å². The molecule has 2 aromatic rings. The molecular weight excluding hydrogens is 274 g/mol. The van der Waals surface area contributed by atoms with Crippen LogP contribution in [-0.2, 0) is 9.05 Å². The monoisotopic (exact) mass is 278 g/mol. The van der Waals surface area contributed by atoms with Crippen molar-refractivity contribution in [3.8, 4) is 11.3 Å². The maximum Gasteiger partial charge on any atom is 0.265 e. The summed E-state index contributed by atoms with van der Waals surface area (Å²) in [6, 6.07) is 2.96. The molecule has 0 radical (unpaired) electrons. The normalized spacial score (nSPS) is 11.7. The van der Waals surface area contributed by atoms with E-state index in [1.54, 1.807) is 0 Å². The summed E-state index contributed by atoms with van der Waals surface area (Å²) in [5.74, 6) is -2.11. The van der Waals surface area contributed by atoms with E-state index in [4.69, 9.17) is 10.7 Å². The first kappa shape index (κ1) is 12.0. The lowest BCUT2D eigenvalue weighted by Gasteiger charge is -2.01. The molecule has 2 rings (SSSR count). The molecule has 4 nitrogen and oxygen atoms in total. The highest BCUT2D eigenvalue weighted by molar-refractivity contribution is 8.13. The summed E-state index contributed by atoms with van der Waals surface area (Å²) in [7, 11) is 1.17. The van der Waals surface area contributed by atoms with Crippen molar-refractivity contribution in [2.24, 2.45) is 0 Å². The van der Waals surface area contributed by atoms with Crippen LogP contribution in [0.25, 0.3) is 11.3 Å². The largest absolute Gasteiger partial charge is 0.276 e. The quantitative estimate of drug-likeness (QED) is 0.857. The molecule has 0 fully saturated rings. The third kappa shape index (κ3) is 2.29. The molecule has 0 amide bonds. The number of H-pyrrole nitrogens is 1. The van der Waals surface area contributed by atoms with E-state index in [-0.39, 0.29) is 16.2 Å². The van der Waals surface area contributed by atoms with Crippen LogP contribution in [0.3, 0.4) is 0 Å². The van der Waals surface area contributed by atoms with Crippen LogP contribution >= 0.6 is 10.7 Å². The lowest BCUT2D eigenvalue weighted by molar-refractivity contribution is 0.509. The molecule has 0 saturated carbocycles. The number of aromatic amines is 1.